The van der Waals surface area contributed by atoms with Crippen LogP contribution < -0.4 is 16.0 Å². The number of aryl methyl sites for hydroxylation is 1. The van der Waals surface area contributed by atoms with E-state index in [1.165, 1.54) is 23.8 Å². The van der Waals surface area contributed by atoms with Crippen molar-refractivity contribution < 1.29 is 45.4 Å². The van der Waals surface area contributed by atoms with Crippen molar-refractivity contribution in [2.75, 3.05) is 23.3 Å². The van der Waals surface area contributed by atoms with E-state index in [-0.39, 0.29) is 30.6 Å². The Morgan fingerprint density at radius 2 is 1.78 bits per heavy atom. The number of aromatic nitrogens is 5. The molecule has 3 aromatic rings. The molecule has 4 N–H and O–H groups in total. The summed E-state index contributed by atoms with van der Waals surface area (Å²) in [7, 11) is 1.32. The molecule has 202 valence electrons. The van der Waals surface area contributed by atoms with Crippen molar-refractivity contribution in [3.63, 3.8) is 0 Å². The van der Waals surface area contributed by atoms with E-state index in [2.05, 4.69) is 20.5 Å². The first-order valence-corrected chi connectivity index (χ1v) is 10.3. The molecule has 1 aliphatic rings. The van der Waals surface area contributed by atoms with E-state index in [9.17, 15) is 35.5 Å². The van der Waals surface area contributed by atoms with Crippen LogP contribution in [0, 0.1) is 0 Å². The number of hydrogen-bond acceptors (Lipinski definition) is 7. The quantitative estimate of drug-likeness (QED) is 0.430. The number of alkyl halides is 7. The van der Waals surface area contributed by atoms with Crippen LogP contribution in [0.15, 0.2) is 24.5 Å². The summed E-state index contributed by atoms with van der Waals surface area (Å²) < 4.78 is 87.2. The molecule has 11 nitrogen and oxygen atoms in total. The van der Waals surface area contributed by atoms with Crippen molar-refractivity contribution in [1.82, 2.24) is 24.4 Å². The van der Waals surface area contributed by atoms with Gasteiger partial charge in [0.15, 0.2) is 5.69 Å². The lowest BCUT2D eigenvalue weighted by Gasteiger charge is -2.32. The number of hydrogen-bond donors (Lipinski definition) is 3. The zero-order chi connectivity index (χ0) is 27.7. The molecular weight excluding hydrogens is 521 g/mol. The molecule has 0 radical (unpaired) electrons. The second-order valence-electron chi connectivity index (χ2n) is 7.93. The van der Waals surface area contributed by atoms with Gasteiger partial charge >= 0.3 is 18.3 Å². The van der Waals surface area contributed by atoms with E-state index < -0.39 is 41.8 Å². The monoisotopic (exact) mass is 540 g/mol. The lowest BCUT2D eigenvalue weighted by molar-refractivity contribution is -0.192. The summed E-state index contributed by atoms with van der Waals surface area (Å²) in [6.45, 7) is 0.409. The van der Waals surface area contributed by atoms with E-state index in [4.69, 9.17) is 15.6 Å². The van der Waals surface area contributed by atoms with Gasteiger partial charge in [-0.3, -0.25) is 9.48 Å². The molecule has 2 atom stereocenters. The molecule has 1 saturated heterocycles. The Bertz CT molecular complexity index is 1280. The number of nitrogens with one attached hydrogen (secondary N) is 1. The SMILES string of the molecule is Cn1cc(NC(=O)c2ccc3cnc(N4C[C@@H](N)C[C@H](F)C4)nn23)c(C(F)(F)F)n1.O=C(O)C(F)(F)F. The van der Waals surface area contributed by atoms with Gasteiger partial charge in [-0.05, 0) is 18.6 Å². The highest BCUT2D eigenvalue weighted by atomic mass is 19.4. The minimum atomic E-state index is -5.08. The number of carboxylic acids is 1. The summed E-state index contributed by atoms with van der Waals surface area (Å²) in [6, 6.07) is 2.57. The molecule has 0 unspecified atom stereocenters. The highest BCUT2D eigenvalue weighted by molar-refractivity contribution is 6.04. The molecule has 1 fully saturated rings. The third kappa shape index (κ3) is 6.63. The van der Waals surface area contributed by atoms with Crippen molar-refractivity contribution in [3.8, 4) is 0 Å². The number of amides is 1. The number of carbonyl (C=O) groups excluding carboxylic acids is 1. The summed E-state index contributed by atoms with van der Waals surface area (Å²) in [5.74, 6) is -3.40. The van der Waals surface area contributed by atoms with Crippen LogP contribution >= 0.6 is 0 Å². The number of piperidine rings is 1. The van der Waals surface area contributed by atoms with Gasteiger partial charge in [0, 0.05) is 25.8 Å². The standard InChI is InChI=1S/C17H18F4N8O.C2HF3O2/c1-27-8-12(14(25-27)17(19,20)21)24-15(30)13-3-2-11-5-23-16(26-29(11)13)28-6-9(18)4-10(22)7-28;3-2(4,5)1(6)7/h2-3,5,8-10H,4,6-7,22H2,1H3,(H,24,30);(H,6,7)/t9-,10-;/m0./s1. The normalized spacial score (nSPS) is 18.4. The lowest BCUT2D eigenvalue weighted by Crippen LogP contribution is -2.48. The number of rotatable bonds is 3. The molecular formula is C19H19F7N8O3. The Balaban J connectivity index is 0.000000479. The minimum Gasteiger partial charge on any atom is -0.475 e. The number of fused-ring (bicyclic) bond motifs is 1. The van der Waals surface area contributed by atoms with Crippen LogP contribution in [-0.4, -0.2) is 72.8 Å². The minimum absolute atomic E-state index is 0.0104. The van der Waals surface area contributed by atoms with Crippen molar-refractivity contribution in [3.05, 3.63) is 35.9 Å². The smallest absolute Gasteiger partial charge is 0.475 e. The highest BCUT2D eigenvalue weighted by Gasteiger charge is 2.39. The molecule has 0 saturated carbocycles. The van der Waals surface area contributed by atoms with Gasteiger partial charge in [0.05, 0.1) is 23.9 Å². The first-order valence-electron chi connectivity index (χ1n) is 10.3. The Morgan fingerprint density at radius 1 is 1.14 bits per heavy atom. The molecule has 0 aromatic carbocycles. The van der Waals surface area contributed by atoms with Gasteiger partial charge in [0.25, 0.3) is 5.91 Å². The molecule has 0 aliphatic carbocycles. The van der Waals surface area contributed by atoms with E-state index in [0.29, 0.717) is 12.1 Å². The average Bonchev–Trinajstić information content (AvgIpc) is 3.35. The molecule has 4 rings (SSSR count). The first kappa shape index (κ1) is 27.6. The second kappa shape index (κ2) is 10.2. The molecule has 0 spiro atoms. The van der Waals surface area contributed by atoms with E-state index in [1.807, 2.05) is 0 Å². The van der Waals surface area contributed by atoms with E-state index in [1.54, 1.807) is 11.0 Å². The van der Waals surface area contributed by atoms with Gasteiger partial charge < -0.3 is 21.1 Å². The molecule has 1 amide bonds. The lowest BCUT2D eigenvalue weighted by atomic mass is 10.1. The number of aliphatic carboxylic acids is 1. The Morgan fingerprint density at radius 3 is 2.35 bits per heavy atom. The fraction of sp³-hybridized carbons (Fsp3) is 0.421. The van der Waals surface area contributed by atoms with Crippen LogP contribution in [0.25, 0.3) is 5.52 Å². The van der Waals surface area contributed by atoms with Gasteiger partial charge in [-0.1, -0.05) is 0 Å². The summed E-state index contributed by atoms with van der Waals surface area (Å²) in [5.41, 5.74) is 4.62. The van der Waals surface area contributed by atoms with Gasteiger partial charge in [-0.25, -0.2) is 18.7 Å². The molecule has 18 heteroatoms. The van der Waals surface area contributed by atoms with Gasteiger partial charge in [-0.2, -0.15) is 31.4 Å². The maximum absolute atomic E-state index is 13.9. The number of nitrogens with zero attached hydrogens (tertiary/aromatic N) is 6. The van der Waals surface area contributed by atoms with Crippen molar-refractivity contribution in [1.29, 1.82) is 0 Å². The number of nitrogens with two attached hydrogens (primary N) is 1. The fourth-order valence-electron chi connectivity index (χ4n) is 3.42. The third-order valence-corrected chi connectivity index (χ3v) is 4.92. The predicted octanol–water partition coefficient (Wildman–Crippen LogP) is 2.24. The van der Waals surface area contributed by atoms with E-state index >= 15 is 0 Å². The molecule has 3 aromatic heterocycles. The number of carbonyl (C=O) groups is 2. The Kier molecular flexibility index (Phi) is 7.61. The zero-order valence-corrected chi connectivity index (χ0v) is 18.8. The number of carboxylic acid groups (broad SMARTS) is 1. The summed E-state index contributed by atoms with van der Waals surface area (Å²) >= 11 is 0. The van der Waals surface area contributed by atoms with Gasteiger partial charge in [0.1, 0.15) is 11.9 Å². The zero-order valence-electron chi connectivity index (χ0n) is 18.8. The van der Waals surface area contributed by atoms with Gasteiger partial charge in [-0.15, -0.1) is 5.10 Å². The van der Waals surface area contributed by atoms with Crippen LogP contribution in [0.3, 0.4) is 0 Å². The maximum Gasteiger partial charge on any atom is 0.490 e. The molecule has 0 bridgehead atoms. The summed E-state index contributed by atoms with van der Waals surface area (Å²) in [6.07, 6.45) is -8.20. The number of anilines is 2. The first-order chi connectivity index (χ1) is 17.1. The topological polar surface area (TPSA) is 144 Å². The summed E-state index contributed by atoms with van der Waals surface area (Å²) in [5, 5.41) is 17.0. The largest absolute Gasteiger partial charge is 0.490 e. The predicted molar refractivity (Wildman–Crippen MR) is 113 cm³/mol. The Labute approximate surface area is 202 Å². The van der Waals surface area contributed by atoms with Crippen LogP contribution in [0.1, 0.15) is 22.6 Å². The molecule has 4 heterocycles. The Hall–Kier alpha value is -3.96. The molecule has 1 aliphatic heterocycles. The molecule has 37 heavy (non-hydrogen) atoms. The fourth-order valence-corrected chi connectivity index (χ4v) is 3.42. The number of halogens is 7. The van der Waals surface area contributed by atoms with Crippen molar-refractivity contribution in [2.24, 2.45) is 12.8 Å². The van der Waals surface area contributed by atoms with Crippen molar-refractivity contribution in [2.45, 2.75) is 31.0 Å². The maximum atomic E-state index is 13.9. The second-order valence-corrected chi connectivity index (χ2v) is 7.93. The highest BCUT2D eigenvalue weighted by Crippen LogP contribution is 2.33. The van der Waals surface area contributed by atoms with Crippen LogP contribution in [0.4, 0.5) is 42.4 Å². The average molecular weight is 540 g/mol. The van der Waals surface area contributed by atoms with Crippen LogP contribution in [0.5, 0.6) is 0 Å². The van der Waals surface area contributed by atoms with Gasteiger partial charge in [0.2, 0.25) is 5.95 Å². The third-order valence-electron chi connectivity index (χ3n) is 4.92. The van der Waals surface area contributed by atoms with Crippen molar-refractivity contribution >= 4 is 29.0 Å². The van der Waals surface area contributed by atoms with E-state index in [0.717, 1.165) is 10.9 Å². The summed E-state index contributed by atoms with van der Waals surface area (Å²) in [4.78, 5) is 27.3. The van der Waals surface area contributed by atoms with Crippen LogP contribution in [-0.2, 0) is 18.0 Å². The van der Waals surface area contributed by atoms with Crippen LogP contribution in [0.2, 0.25) is 0 Å².